The number of amides is 1. The van der Waals surface area contributed by atoms with Crippen molar-refractivity contribution in [2.75, 3.05) is 5.32 Å². The van der Waals surface area contributed by atoms with Crippen molar-refractivity contribution >= 4 is 17.6 Å². The SMILES string of the molecule is CC(=O)Oc1c(C(C)(C)C)cc(C#N)c(C)c1C(=O)Nc1ccc(C#N)cc1C(F)(F)F. The van der Waals surface area contributed by atoms with Crippen molar-refractivity contribution in [1.29, 1.82) is 10.5 Å². The average Bonchev–Trinajstić information content (AvgIpc) is 2.66. The molecule has 9 heteroatoms. The van der Waals surface area contributed by atoms with Gasteiger partial charge in [0.15, 0.2) is 0 Å². The summed E-state index contributed by atoms with van der Waals surface area (Å²) in [7, 11) is 0. The minimum Gasteiger partial charge on any atom is -0.426 e. The molecular formula is C23H20F3N3O3. The highest BCUT2D eigenvalue weighted by Gasteiger charge is 2.35. The van der Waals surface area contributed by atoms with E-state index in [0.717, 1.165) is 19.1 Å². The second kappa shape index (κ2) is 8.72. The molecule has 2 aromatic carbocycles. The van der Waals surface area contributed by atoms with Gasteiger partial charge < -0.3 is 10.1 Å². The second-order valence-corrected chi connectivity index (χ2v) is 8.08. The van der Waals surface area contributed by atoms with Crippen LogP contribution in [0.1, 0.15) is 65.9 Å². The molecule has 0 atom stereocenters. The number of carbonyl (C=O) groups is 2. The third kappa shape index (κ3) is 5.06. The Bertz CT molecular complexity index is 1180. The highest BCUT2D eigenvalue weighted by molar-refractivity contribution is 6.08. The summed E-state index contributed by atoms with van der Waals surface area (Å²) in [6.07, 6.45) is -4.84. The number of esters is 1. The van der Waals surface area contributed by atoms with Crippen LogP contribution in [0.2, 0.25) is 0 Å². The van der Waals surface area contributed by atoms with E-state index in [-0.39, 0.29) is 28.0 Å². The zero-order chi connectivity index (χ0) is 24.4. The minimum absolute atomic E-state index is 0.117. The molecule has 0 unspecified atom stereocenters. The summed E-state index contributed by atoms with van der Waals surface area (Å²) < 4.78 is 45.8. The van der Waals surface area contributed by atoms with Gasteiger partial charge in [-0.1, -0.05) is 20.8 Å². The number of nitrogens with one attached hydrogen (secondary N) is 1. The van der Waals surface area contributed by atoms with Crippen molar-refractivity contribution in [2.24, 2.45) is 0 Å². The van der Waals surface area contributed by atoms with Crippen LogP contribution in [0.5, 0.6) is 5.75 Å². The highest BCUT2D eigenvalue weighted by atomic mass is 19.4. The van der Waals surface area contributed by atoms with Crippen LogP contribution >= 0.6 is 0 Å². The number of hydrogen-bond donors (Lipinski definition) is 1. The van der Waals surface area contributed by atoms with Crippen LogP contribution in [0, 0.1) is 29.6 Å². The first kappa shape index (κ1) is 24.4. The molecule has 0 saturated heterocycles. The largest absolute Gasteiger partial charge is 0.426 e. The molecule has 0 heterocycles. The van der Waals surface area contributed by atoms with E-state index in [1.165, 1.54) is 13.0 Å². The summed E-state index contributed by atoms with van der Waals surface area (Å²) in [5, 5.41) is 20.6. The molecule has 0 aliphatic heterocycles. The van der Waals surface area contributed by atoms with Crippen LogP contribution in [0.25, 0.3) is 0 Å². The van der Waals surface area contributed by atoms with Crippen molar-refractivity contribution in [3.8, 4) is 17.9 Å². The molecule has 0 bridgehead atoms. The number of carbonyl (C=O) groups excluding carboxylic acids is 2. The van der Waals surface area contributed by atoms with E-state index in [1.807, 2.05) is 6.07 Å². The summed E-state index contributed by atoms with van der Waals surface area (Å²) in [6, 6.07) is 7.81. The van der Waals surface area contributed by atoms with Gasteiger partial charge in [0.1, 0.15) is 5.75 Å². The van der Waals surface area contributed by atoms with Crippen LogP contribution in [0.4, 0.5) is 18.9 Å². The monoisotopic (exact) mass is 443 g/mol. The Labute approximate surface area is 183 Å². The molecule has 0 aliphatic carbocycles. The molecule has 1 amide bonds. The molecule has 0 saturated carbocycles. The molecule has 0 radical (unpaired) electrons. The maximum atomic E-state index is 13.5. The summed E-state index contributed by atoms with van der Waals surface area (Å²) in [4.78, 5) is 24.9. The van der Waals surface area contributed by atoms with Crippen molar-refractivity contribution in [1.82, 2.24) is 0 Å². The normalized spacial score (nSPS) is 11.3. The minimum atomic E-state index is -4.84. The third-order valence-corrected chi connectivity index (χ3v) is 4.64. The highest BCUT2D eigenvalue weighted by Crippen LogP contribution is 2.39. The first-order valence-electron chi connectivity index (χ1n) is 9.40. The molecule has 1 N–H and O–H groups in total. The molecule has 0 aliphatic rings. The molecule has 0 spiro atoms. The summed E-state index contributed by atoms with van der Waals surface area (Å²) in [6.45, 7) is 7.89. The van der Waals surface area contributed by atoms with Crippen LogP contribution in [-0.2, 0) is 16.4 Å². The first-order chi connectivity index (χ1) is 14.7. The lowest BCUT2D eigenvalue weighted by Crippen LogP contribution is -2.23. The van der Waals surface area contributed by atoms with Gasteiger partial charge >= 0.3 is 12.1 Å². The van der Waals surface area contributed by atoms with E-state index >= 15 is 0 Å². The molecule has 166 valence electrons. The van der Waals surface area contributed by atoms with E-state index in [9.17, 15) is 28.0 Å². The fourth-order valence-corrected chi connectivity index (χ4v) is 3.10. The summed E-state index contributed by atoms with van der Waals surface area (Å²) >= 11 is 0. The van der Waals surface area contributed by atoms with Crippen molar-refractivity contribution < 1.29 is 27.5 Å². The van der Waals surface area contributed by atoms with Crippen LogP contribution in [-0.4, -0.2) is 11.9 Å². The lowest BCUT2D eigenvalue weighted by atomic mass is 9.82. The smallest absolute Gasteiger partial charge is 0.418 e. The first-order valence-corrected chi connectivity index (χ1v) is 9.40. The zero-order valence-electron chi connectivity index (χ0n) is 18.1. The Balaban J connectivity index is 2.76. The third-order valence-electron chi connectivity index (χ3n) is 4.64. The van der Waals surface area contributed by atoms with Gasteiger partial charge in [0.05, 0.1) is 40.1 Å². The lowest BCUT2D eigenvalue weighted by Gasteiger charge is -2.25. The van der Waals surface area contributed by atoms with Crippen LogP contribution < -0.4 is 10.1 Å². The van der Waals surface area contributed by atoms with Gasteiger partial charge in [-0.2, -0.15) is 23.7 Å². The number of hydrogen-bond acceptors (Lipinski definition) is 5. The van der Waals surface area contributed by atoms with Gasteiger partial charge in [-0.15, -0.1) is 0 Å². The van der Waals surface area contributed by atoms with E-state index in [0.29, 0.717) is 11.6 Å². The Kier molecular flexibility index (Phi) is 6.65. The topological polar surface area (TPSA) is 103 Å². The van der Waals surface area contributed by atoms with Gasteiger partial charge in [0.2, 0.25) is 0 Å². The number of nitrogens with zero attached hydrogens (tertiary/aromatic N) is 2. The number of rotatable bonds is 3. The van der Waals surface area contributed by atoms with E-state index in [4.69, 9.17) is 10.00 Å². The van der Waals surface area contributed by atoms with E-state index < -0.39 is 34.7 Å². The average molecular weight is 443 g/mol. The van der Waals surface area contributed by atoms with Crippen molar-refractivity contribution in [3.63, 3.8) is 0 Å². The van der Waals surface area contributed by atoms with Gasteiger partial charge in [0.25, 0.3) is 5.91 Å². The number of benzene rings is 2. The van der Waals surface area contributed by atoms with E-state index in [1.54, 1.807) is 26.8 Å². The molecule has 0 aromatic heterocycles. The van der Waals surface area contributed by atoms with Gasteiger partial charge in [-0.3, -0.25) is 9.59 Å². The van der Waals surface area contributed by atoms with Gasteiger partial charge in [-0.05, 0) is 42.2 Å². The fourth-order valence-electron chi connectivity index (χ4n) is 3.10. The summed E-state index contributed by atoms with van der Waals surface area (Å²) in [5.74, 6) is -1.85. The predicted molar refractivity (Wildman–Crippen MR) is 110 cm³/mol. The number of anilines is 1. The van der Waals surface area contributed by atoms with Gasteiger partial charge in [0, 0.05) is 12.5 Å². The Morgan fingerprint density at radius 2 is 1.66 bits per heavy atom. The fraction of sp³-hybridized carbons (Fsp3) is 0.304. The Hall–Kier alpha value is -3.85. The number of ether oxygens (including phenoxy) is 1. The number of halogens is 3. The number of alkyl halides is 3. The molecule has 0 fully saturated rings. The molecular weight excluding hydrogens is 423 g/mol. The molecule has 2 aromatic rings. The van der Waals surface area contributed by atoms with Gasteiger partial charge in [-0.25, -0.2) is 0 Å². The standard InChI is InChI=1S/C23H20F3N3O3/c1-12-15(11-28)9-17(22(3,4)5)20(32-13(2)30)19(12)21(31)29-18-7-6-14(10-27)8-16(18)23(24,25)26/h6-9H,1-5H3,(H,29,31). The predicted octanol–water partition coefficient (Wildman–Crippen LogP) is 5.23. The Morgan fingerprint density at radius 3 is 2.12 bits per heavy atom. The van der Waals surface area contributed by atoms with E-state index in [2.05, 4.69) is 5.32 Å². The second-order valence-electron chi connectivity index (χ2n) is 8.08. The van der Waals surface area contributed by atoms with Crippen LogP contribution in [0.15, 0.2) is 24.3 Å². The Morgan fingerprint density at radius 1 is 1.03 bits per heavy atom. The maximum Gasteiger partial charge on any atom is 0.418 e. The lowest BCUT2D eigenvalue weighted by molar-refractivity contribution is -0.137. The molecule has 2 rings (SSSR count). The quantitative estimate of drug-likeness (QED) is 0.517. The maximum absolute atomic E-state index is 13.5. The number of nitriles is 2. The summed E-state index contributed by atoms with van der Waals surface area (Å²) in [5.41, 5.74) is -2.25. The molecule has 32 heavy (non-hydrogen) atoms. The van der Waals surface area contributed by atoms with Crippen molar-refractivity contribution in [3.05, 3.63) is 57.6 Å². The molecule has 6 nitrogen and oxygen atoms in total. The zero-order valence-corrected chi connectivity index (χ0v) is 18.1. The van der Waals surface area contributed by atoms with Crippen molar-refractivity contribution in [2.45, 2.75) is 46.2 Å². The van der Waals surface area contributed by atoms with Crippen LogP contribution in [0.3, 0.4) is 0 Å².